The van der Waals surface area contributed by atoms with Crippen LogP contribution in [0.25, 0.3) is 16.3 Å². The Hall–Kier alpha value is -3.12. The Morgan fingerprint density at radius 2 is 2.04 bits per heavy atom. The van der Waals surface area contributed by atoms with E-state index in [2.05, 4.69) is 33.9 Å². The van der Waals surface area contributed by atoms with E-state index in [1.54, 1.807) is 31.0 Å². The SMILES string of the molecule is COc1ccc(-c2nc(CNc3cccc(-n4ccnc4)c3)cs2)cc1. The molecule has 4 aromatic rings. The minimum Gasteiger partial charge on any atom is -0.497 e. The summed E-state index contributed by atoms with van der Waals surface area (Å²) in [5, 5.41) is 6.54. The van der Waals surface area contributed by atoms with E-state index in [1.165, 1.54) is 0 Å². The Morgan fingerprint density at radius 3 is 2.81 bits per heavy atom. The number of methoxy groups -OCH3 is 1. The third kappa shape index (κ3) is 3.60. The van der Waals surface area contributed by atoms with Crippen LogP contribution < -0.4 is 10.1 Å². The minimum absolute atomic E-state index is 0.681. The number of anilines is 1. The van der Waals surface area contributed by atoms with E-state index in [-0.39, 0.29) is 0 Å². The van der Waals surface area contributed by atoms with E-state index in [0.29, 0.717) is 6.54 Å². The molecule has 4 rings (SSSR count). The molecule has 2 heterocycles. The van der Waals surface area contributed by atoms with Crippen molar-refractivity contribution >= 4 is 17.0 Å². The smallest absolute Gasteiger partial charge is 0.123 e. The quantitative estimate of drug-likeness (QED) is 0.544. The monoisotopic (exact) mass is 362 g/mol. The summed E-state index contributed by atoms with van der Waals surface area (Å²) in [6.45, 7) is 0.681. The molecule has 6 heteroatoms. The fourth-order valence-corrected chi connectivity index (χ4v) is 3.46. The van der Waals surface area contributed by atoms with Gasteiger partial charge in [-0.25, -0.2) is 9.97 Å². The molecule has 130 valence electrons. The van der Waals surface area contributed by atoms with Gasteiger partial charge in [-0.2, -0.15) is 0 Å². The van der Waals surface area contributed by atoms with Crippen molar-refractivity contribution in [2.24, 2.45) is 0 Å². The van der Waals surface area contributed by atoms with Crippen LogP contribution in [0.4, 0.5) is 5.69 Å². The lowest BCUT2D eigenvalue weighted by molar-refractivity contribution is 0.415. The number of ether oxygens (including phenoxy) is 1. The number of nitrogens with zero attached hydrogens (tertiary/aromatic N) is 3. The van der Waals surface area contributed by atoms with Gasteiger partial charge in [-0.1, -0.05) is 6.07 Å². The molecule has 0 bridgehead atoms. The molecule has 2 aromatic carbocycles. The molecule has 1 N–H and O–H groups in total. The first-order valence-corrected chi connectivity index (χ1v) is 9.11. The topological polar surface area (TPSA) is 52.0 Å². The zero-order chi connectivity index (χ0) is 17.8. The van der Waals surface area contributed by atoms with Crippen LogP contribution in [-0.2, 0) is 6.54 Å². The van der Waals surface area contributed by atoms with Crippen molar-refractivity contribution in [1.82, 2.24) is 14.5 Å². The molecule has 0 radical (unpaired) electrons. The lowest BCUT2D eigenvalue weighted by Gasteiger charge is -2.07. The number of hydrogen-bond acceptors (Lipinski definition) is 5. The third-order valence-corrected chi connectivity index (χ3v) is 4.95. The van der Waals surface area contributed by atoms with Crippen molar-refractivity contribution in [2.75, 3.05) is 12.4 Å². The van der Waals surface area contributed by atoms with Gasteiger partial charge in [0, 0.05) is 34.7 Å². The van der Waals surface area contributed by atoms with E-state index in [9.17, 15) is 0 Å². The van der Waals surface area contributed by atoms with Crippen molar-refractivity contribution < 1.29 is 4.74 Å². The molecule has 0 spiro atoms. The average Bonchev–Trinajstić information content (AvgIpc) is 3.39. The van der Waals surface area contributed by atoms with E-state index < -0.39 is 0 Å². The van der Waals surface area contributed by atoms with Crippen molar-refractivity contribution in [3.8, 4) is 22.0 Å². The van der Waals surface area contributed by atoms with Gasteiger partial charge >= 0.3 is 0 Å². The van der Waals surface area contributed by atoms with Crippen LogP contribution >= 0.6 is 11.3 Å². The van der Waals surface area contributed by atoms with Gasteiger partial charge in [-0.15, -0.1) is 11.3 Å². The number of hydrogen-bond donors (Lipinski definition) is 1. The summed E-state index contributed by atoms with van der Waals surface area (Å²) in [5.74, 6) is 0.852. The van der Waals surface area contributed by atoms with Crippen LogP contribution in [-0.4, -0.2) is 21.6 Å². The van der Waals surface area contributed by atoms with Gasteiger partial charge < -0.3 is 14.6 Å². The molecule has 0 saturated heterocycles. The van der Waals surface area contributed by atoms with Gasteiger partial charge in [0.2, 0.25) is 0 Å². The Morgan fingerprint density at radius 1 is 1.15 bits per heavy atom. The summed E-state index contributed by atoms with van der Waals surface area (Å²) in [4.78, 5) is 8.81. The molecule has 0 amide bonds. The molecular weight excluding hydrogens is 344 g/mol. The standard InChI is InChI=1S/C20H18N4OS/c1-25-19-7-5-15(6-8-19)20-23-17(13-26-20)12-22-16-3-2-4-18(11-16)24-10-9-21-14-24/h2-11,13-14,22H,12H2,1H3. The molecule has 0 saturated carbocycles. The van der Waals surface area contributed by atoms with Gasteiger partial charge in [0.25, 0.3) is 0 Å². The second-order valence-corrected chi connectivity index (χ2v) is 6.60. The van der Waals surface area contributed by atoms with Crippen LogP contribution in [0.15, 0.2) is 72.6 Å². The van der Waals surface area contributed by atoms with Gasteiger partial charge in [-0.3, -0.25) is 0 Å². The number of benzene rings is 2. The number of thiazole rings is 1. The van der Waals surface area contributed by atoms with Crippen LogP contribution in [0.5, 0.6) is 5.75 Å². The summed E-state index contributed by atoms with van der Waals surface area (Å²) >= 11 is 1.65. The maximum atomic E-state index is 5.20. The third-order valence-electron chi connectivity index (χ3n) is 4.01. The molecule has 0 aliphatic heterocycles. The largest absolute Gasteiger partial charge is 0.497 e. The molecule has 0 fully saturated rings. The Bertz CT molecular complexity index is 977. The van der Waals surface area contributed by atoms with Gasteiger partial charge in [-0.05, 0) is 42.5 Å². The van der Waals surface area contributed by atoms with Crippen LogP contribution in [0.3, 0.4) is 0 Å². The number of rotatable bonds is 6. The predicted molar refractivity (Wildman–Crippen MR) is 105 cm³/mol. The maximum Gasteiger partial charge on any atom is 0.123 e. The van der Waals surface area contributed by atoms with Crippen molar-refractivity contribution in [2.45, 2.75) is 6.54 Å². The molecule has 0 unspecified atom stereocenters. The van der Waals surface area contributed by atoms with E-state index >= 15 is 0 Å². The van der Waals surface area contributed by atoms with Crippen molar-refractivity contribution in [1.29, 1.82) is 0 Å². The molecule has 0 aliphatic carbocycles. The van der Waals surface area contributed by atoms with Gasteiger partial charge in [0.1, 0.15) is 10.8 Å². The minimum atomic E-state index is 0.681. The maximum absolute atomic E-state index is 5.20. The molecule has 2 aromatic heterocycles. The van der Waals surface area contributed by atoms with Crippen LogP contribution in [0.2, 0.25) is 0 Å². The first kappa shape index (κ1) is 16.4. The first-order valence-electron chi connectivity index (χ1n) is 8.23. The first-order chi connectivity index (χ1) is 12.8. The molecular formula is C20H18N4OS. The highest BCUT2D eigenvalue weighted by Gasteiger charge is 2.06. The Kier molecular flexibility index (Phi) is 4.66. The highest BCUT2D eigenvalue weighted by atomic mass is 32.1. The lowest BCUT2D eigenvalue weighted by atomic mass is 10.2. The molecule has 0 aliphatic rings. The summed E-state index contributed by atoms with van der Waals surface area (Å²) in [7, 11) is 1.67. The van der Waals surface area contributed by atoms with Crippen molar-refractivity contribution in [3.05, 3.63) is 78.3 Å². The summed E-state index contributed by atoms with van der Waals surface area (Å²) in [6, 6.07) is 16.2. The number of nitrogens with one attached hydrogen (secondary N) is 1. The summed E-state index contributed by atoms with van der Waals surface area (Å²) < 4.78 is 7.18. The highest BCUT2D eigenvalue weighted by molar-refractivity contribution is 7.13. The predicted octanol–water partition coefficient (Wildman–Crippen LogP) is 4.62. The molecule has 5 nitrogen and oxygen atoms in total. The number of aromatic nitrogens is 3. The van der Waals surface area contributed by atoms with Gasteiger partial charge in [0.15, 0.2) is 0 Å². The van der Waals surface area contributed by atoms with E-state index in [4.69, 9.17) is 9.72 Å². The fourth-order valence-electron chi connectivity index (χ4n) is 2.64. The Balaban J connectivity index is 1.44. The zero-order valence-electron chi connectivity index (χ0n) is 14.3. The normalized spacial score (nSPS) is 10.7. The number of imidazole rings is 1. The molecule has 26 heavy (non-hydrogen) atoms. The summed E-state index contributed by atoms with van der Waals surface area (Å²) in [6.07, 6.45) is 5.50. The second kappa shape index (κ2) is 7.41. The second-order valence-electron chi connectivity index (χ2n) is 5.75. The average molecular weight is 362 g/mol. The lowest BCUT2D eigenvalue weighted by Crippen LogP contribution is -2.00. The van der Waals surface area contributed by atoms with Gasteiger partial charge in [0.05, 0.1) is 25.7 Å². The van der Waals surface area contributed by atoms with Crippen LogP contribution in [0, 0.1) is 0 Å². The highest BCUT2D eigenvalue weighted by Crippen LogP contribution is 2.26. The zero-order valence-corrected chi connectivity index (χ0v) is 15.1. The van der Waals surface area contributed by atoms with E-state index in [0.717, 1.165) is 33.4 Å². The Labute approximate surface area is 155 Å². The summed E-state index contributed by atoms with van der Waals surface area (Å²) in [5.41, 5.74) is 4.25. The fraction of sp³-hybridized carbons (Fsp3) is 0.100. The van der Waals surface area contributed by atoms with E-state index in [1.807, 2.05) is 41.1 Å². The van der Waals surface area contributed by atoms with Crippen molar-refractivity contribution in [3.63, 3.8) is 0 Å². The molecule has 0 atom stereocenters. The van der Waals surface area contributed by atoms with Crippen LogP contribution in [0.1, 0.15) is 5.69 Å².